The number of nitrogens with zero attached hydrogens (tertiary/aromatic N) is 4. The second-order valence-electron chi connectivity index (χ2n) is 11.1. The smallest absolute Gasteiger partial charge is 0.251 e. The molecule has 40 heavy (non-hydrogen) atoms. The number of sulfone groups is 1. The number of aromatic nitrogens is 3. The lowest BCUT2D eigenvalue weighted by molar-refractivity contribution is 0.0950. The first-order valence-electron chi connectivity index (χ1n) is 13.4. The van der Waals surface area contributed by atoms with E-state index in [4.69, 9.17) is 15.7 Å². The zero-order valence-corrected chi connectivity index (χ0v) is 23.4. The Morgan fingerprint density at radius 1 is 1.10 bits per heavy atom. The van der Waals surface area contributed by atoms with E-state index in [2.05, 4.69) is 21.3 Å². The molecule has 1 aliphatic carbocycles. The van der Waals surface area contributed by atoms with Crippen molar-refractivity contribution in [1.82, 2.24) is 20.3 Å². The van der Waals surface area contributed by atoms with E-state index in [1.807, 2.05) is 30.3 Å². The predicted molar refractivity (Wildman–Crippen MR) is 155 cm³/mol. The van der Waals surface area contributed by atoms with E-state index in [9.17, 15) is 13.2 Å². The Kier molecular flexibility index (Phi) is 6.54. The van der Waals surface area contributed by atoms with Crippen LogP contribution in [0.15, 0.2) is 65.7 Å². The van der Waals surface area contributed by atoms with Crippen molar-refractivity contribution < 1.29 is 13.2 Å². The molecular formula is C30H32N6O3S. The molecule has 1 aromatic carbocycles. The highest BCUT2D eigenvalue weighted by molar-refractivity contribution is 7.90. The summed E-state index contributed by atoms with van der Waals surface area (Å²) in [4.78, 5) is 29.5. The van der Waals surface area contributed by atoms with E-state index in [1.54, 1.807) is 25.3 Å². The normalized spacial score (nSPS) is 18.2. The average molecular weight is 557 g/mol. The summed E-state index contributed by atoms with van der Waals surface area (Å²) in [5.41, 5.74) is 10.5. The zero-order valence-electron chi connectivity index (χ0n) is 22.6. The number of pyridine rings is 3. The molecule has 2 aliphatic rings. The van der Waals surface area contributed by atoms with Gasteiger partial charge in [0, 0.05) is 47.9 Å². The van der Waals surface area contributed by atoms with Gasteiger partial charge in [-0.1, -0.05) is 12.1 Å². The van der Waals surface area contributed by atoms with Crippen LogP contribution in [-0.4, -0.2) is 54.7 Å². The average Bonchev–Trinajstić information content (AvgIpc) is 3.72. The standard InChI is InChI=1S/C30H32N6O3S/c1-19-6-7-20(14-26(19)40(2,38)39)29(37)33-17-22-15-25-21(16-32-22)8-9-24(34-25)23-4-3-5-28(35-23)36-13-10-27(31)30(18-36)11-12-30/h3-9,14-16,27H,10-13,17-18,31H2,1-2H3,(H,33,37). The van der Waals surface area contributed by atoms with Gasteiger partial charge in [-0.05, 0) is 74.2 Å². The third-order valence-corrected chi connectivity index (χ3v) is 9.36. The molecule has 1 unspecified atom stereocenters. The number of nitrogens with two attached hydrogens (primary N) is 1. The molecule has 1 amide bonds. The van der Waals surface area contributed by atoms with Gasteiger partial charge < -0.3 is 16.0 Å². The molecule has 1 spiro atoms. The van der Waals surface area contributed by atoms with Gasteiger partial charge in [-0.15, -0.1) is 0 Å². The molecule has 4 aromatic rings. The lowest BCUT2D eigenvalue weighted by Gasteiger charge is -2.38. The molecule has 9 nitrogen and oxygen atoms in total. The largest absolute Gasteiger partial charge is 0.356 e. The quantitative estimate of drug-likeness (QED) is 0.368. The van der Waals surface area contributed by atoms with E-state index in [-0.39, 0.29) is 34.4 Å². The zero-order chi connectivity index (χ0) is 28.1. The highest BCUT2D eigenvalue weighted by atomic mass is 32.2. The third kappa shape index (κ3) is 5.16. The van der Waals surface area contributed by atoms with Crippen molar-refractivity contribution in [3.63, 3.8) is 0 Å². The SMILES string of the molecule is Cc1ccc(C(=O)NCc2cc3nc(-c4cccc(N5CCC(N)C6(CC6)C5)n4)ccc3cn2)cc1S(C)(=O)=O. The summed E-state index contributed by atoms with van der Waals surface area (Å²) in [6.45, 7) is 3.74. The Hall–Kier alpha value is -3.89. The molecular weight excluding hydrogens is 524 g/mol. The minimum atomic E-state index is -3.44. The van der Waals surface area contributed by atoms with E-state index < -0.39 is 9.84 Å². The Morgan fingerprint density at radius 3 is 2.67 bits per heavy atom. The minimum absolute atomic E-state index is 0.147. The summed E-state index contributed by atoms with van der Waals surface area (Å²) in [6, 6.07) is 16.7. The van der Waals surface area contributed by atoms with Crippen LogP contribution < -0.4 is 16.0 Å². The van der Waals surface area contributed by atoms with E-state index in [1.165, 1.54) is 18.9 Å². The molecule has 3 aromatic heterocycles. The number of carbonyl (C=O) groups is 1. The van der Waals surface area contributed by atoms with Gasteiger partial charge in [-0.2, -0.15) is 0 Å². The van der Waals surface area contributed by atoms with Crippen LogP contribution in [0.5, 0.6) is 0 Å². The number of hydrogen-bond acceptors (Lipinski definition) is 8. The van der Waals surface area contributed by atoms with Crippen LogP contribution >= 0.6 is 0 Å². The van der Waals surface area contributed by atoms with Crippen molar-refractivity contribution in [3.05, 3.63) is 77.6 Å². The molecule has 4 heterocycles. The molecule has 10 heteroatoms. The number of hydrogen-bond donors (Lipinski definition) is 2. The molecule has 6 rings (SSSR count). The van der Waals surface area contributed by atoms with Crippen molar-refractivity contribution in [2.24, 2.45) is 11.1 Å². The molecule has 206 valence electrons. The molecule has 0 bridgehead atoms. The second-order valence-corrected chi connectivity index (χ2v) is 13.0. The first-order chi connectivity index (χ1) is 19.1. The van der Waals surface area contributed by atoms with Gasteiger partial charge in [0.05, 0.1) is 34.0 Å². The van der Waals surface area contributed by atoms with Crippen LogP contribution in [-0.2, 0) is 16.4 Å². The summed E-state index contributed by atoms with van der Waals surface area (Å²) in [5.74, 6) is 0.576. The van der Waals surface area contributed by atoms with Crippen LogP contribution in [0.1, 0.15) is 40.9 Å². The topological polar surface area (TPSA) is 131 Å². The summed E-state index contributed by atoms with van der Waals surface area (Å²) in [6.07, 6.45) is 6.24. The maximum atomic E-state index is 12.8. The summed E-state index contributed by atoms with van der Waals surface area (Å²) in [7, 11) is -3.44. The van der Waals surface area contributed by atoms with Gasteiger partial charge in [-0.3, -0.25) is 9.78 Å². The highest BCUT2D eigenvalue weighted by Gasteiger charge is 2.51. The molecule has 1 atom stereocenters. The predicted octanol–water partition coefficient (Wildman–Crippen LogP) is 3.65. The Balaban J connectivity index is 1.19. The lowest BCUT2D eigenvalue weighted by atomic mass is 9.90. The molecule has 1 saturated heterocycles. The lowest BCUT2D eigenvalue weighted by Crippen LogP contribution is -2.48. The Bertz CT molecular complexity index is 1730. The van der Waals surface area contributed by atoms with Gasteiger partial charge in [0.2, 0.25) is 0 Å². The fourth-order valence-electron chi connectivity index (χ4n) is 5.52. The molecule has 3 N–H and O–H groups in total. The summed E-state index contributed by atoms with van der Waals surface area (Å²) >= 11 is 0. The molecule has 1 aliphatic heterocycles. The van der Waals surface area contributed by atoms with Gasteiger partial charge in [-0.25, -0.2) is 18.4 Å². The number of benzene rings is 1. The molecule has 0 radical (unpaired) electrons. The van der Waals surface area contributed by atoms with Crippen molar-refractivity contribution in [2.75, 3.05) is 24.2 Å². The number of aryl methyl sites for hydroxylation is 1. The number of rotatable bonds is 6. The van der Waals surface area contributed by atoms with Crippen LogP contribution in [0.25, 0.3) is 22.3 Å². The number of piperidine rings is 1. The van der Waals surface area contributed by atoms with Crippen LogP contribution in [0.2, 0.25) is 0 Å². The van der Waals surface area contributed by atoms with E-state index in [0.717, 1.165) is 53.9 Å². The Morgan fingerprint density at radius 2 is 1.90 bits per heavy atom. The van der Waals surface area contributed by atoms with Gasteiger partial charge in [0.25, 0.3) is 5.91 Å². The van der Waals surface area contributed by atoms with Crippen LogP contribution in [0, 0.1) is 12.3 Å². The van der Waals surface area contributed by atoms with Crippen molar-refractivity contribution in [1.29, 1.82) is 0 Å². The summed E-state index contributed by atoms with van der Waals surface area (Å²) in [5, 5.41) is 3.71. The third-order valence-electron chi connectivity index (χ3n) is 8.13. The van der Waals surface area contributed by atoms with E-state index >= 15 is 0 Å². The van der Waals surface area contributed by atoms with Crippen LogP contribution in [0.3, 0.4) is 0 Å². The number of carbonyl (C=O) groups excluding carboxylic acids is 1. The van der Waals surface area contributed by atoms with E-state index in [0.29, 0.717) is 11.3 Å². The molecule has 1 saturated carbocycles. The second kappa shape index (κ2) is 9.94. The first-order valence-corrected chi connectivity index (χ1v) is 15.3. The fourth-order valence-corrected chi connectivity index (χ4v) is 6.51. The highest BCUT2D eigenvalue weighted by Crippen LogP contribution is 2.51. The summed E-state index contributed by atoms with van der Waals surface area (Å²) < 4.78 is 24.1. The monoisotopic (exact) mass is 556 g/mol. The first kappa shape index (κ1) is 26.3. The number of nitrogens with one attached hydrogen (secondary N) is 1. The van der Waals surface area contributed by atoms with Crippen molar-refractivity contribution >= 4 is 32.5 Å². The molecule has 2 fully saturated rings. The number of amides is 1. The number of anilines is 1. The van der Waals surface area contributed by atoms with Gasteiger partial charge >= 0.3 is 0 Å². The van der Waals surface area contributed by atoms with Crippen molar-refractivity contribution in [3.8, 4) is 11.4 Å². The van der Waals surface area contributed by atoms with Crippen molar-refractivity contribution in [2.45, 2.75) is 43.7 Å². The maximum absolute atomic E-state index is 12.8. The van der Waals surface area contributed by atoms with Gasteiger partial charge in [0.15, 0.2) is 9.84 Å². The maximum Gasteiger partial charge on any atom is 0.251 e. The number of fused-ring (bicyclic) bond motifs is 1. The Labute approximate surface area is 233 Å². The van der Waals surface area contributed by atoms with Gasteiger partial charge in [0.1, 0.15) is 5.82 Å². The minimum Gasteiger partial charge on any atom is -0.356 e. The fraction of sp³-hybridized carbons (Fsp3) is 0.333. The van der Waals surface area contributed by atoms with Crippen LogP contribution in [0.4, 0.5) is 5.82 Å².